The summed E-state index contributed by atoms with van der Waals surface area (Å²) in [4.78, 5) is 15.8. The normalized spacial score (nSPS) is 11.9. The van der Waals surface area contributed by atoms with E-state index in [9.17, 15) is 13.2 Å². The Morgan fingerprint density at radius 2 is 1.85 bits per heavy atom. The SMILES string of the molecule is Cc1[nH]c2ccc(C(=O)OCc3cccc(S(=O)(=O)N(C)C)c3)cc2c1C. The lowest BCUT2D eigenvalue weighted by atomic mass is 10.1. The molecule has 3 aromatic rings. The average Bonchev–Trinajstić information content (AvgIpc) is 2.93. The molecular weight excluding hydrogens is 364 g/mol. The summed E-state index contributed by atoms with van der Waals surface area (Å²) < 4.78 is 31.0. The van der Waals surface area contributed by atoms with Crippen molar-refractivity contribution in [1.82, 2.24) is 9.29 Å². The number of aromatic nitrogens is 1. The number of nitrogens with zero attached hydrogens (tertiary/aromatic N) is 1. The van der Waals surface area contributed by atoms with Crippen LogP contribution in [-0.2, 0) is 21.4 Å². The Kier molecular flexibility index (Phi) is 5.08. The maximum absolute atomic E-state index is 12.4. The van der Waals surface area contributed by atoms with Crippen LogP contribution in [0.2, 0.25) is 0 Å². The van der Waals surface area contributed by atoms with Crippen molar-refractivity contribution in [1.29, 1.82) is 0 Å². The van der Waals surface area contributed by atoms with E-state index in [0.717, 1.165) is 26.5 Å². The topological polar surface area (TPSA) is 79.5 Å². The standard InChI is InChI=1S/C20H22N2O4S/c1-13-14(2)21-19-9-8-16(11-18(13)19)20(23)26-12-15-6-5-7-17(10-15)27(24,25)22(3)4/h5-11,21H,12H2,1-4H3. The molecule has 0 saturated heterocycles. The van der Waals surface area contributed by atoms with E-state index in [1.165, 1.54) is 26.2 Å². The highest BCUT2D eigenvalue weighted by Crippen LogP contribution is 2.23. The fourth-order valence-corrected chi connectivity index (χ4v) is 3.80. The van der Waals surface area contributed by atoms with Crippen LogP contribution in [0.3, 0.4) is 0 Å². The summed E-state index contributed by atoms with van der Waals surface area (Å²) in [6.45, 7) is 3.99. The highest BCUT2D eigenvalue weighted by atomic mass is 32.2. The summed E-state index contributed by atoms with van der Waals surface area (Å²) in [5, 5.41) is 0.987. The zero-order chi connectivity index (χ0) is 19.8. The quantitative estimate of drug-likeness (QED) is 0.682. The van der Waals surface area contributed by atoms with Gasteiger partial charge in [-0.25, -0.2) is 17.5 Å². The number of fused-ring (bicyclic) bond motifs is 1. The Balaban J connectivity index is 1.77. The van der Waals surface area contributed by atoms with E-state index in [0.29, 0.717) is 11.1 Å². The molecule has 3 rings (SSSR count). The first-order valence-electron chi connectivity index (χ1n) is 8.47. The maximum Gasteiger partial charge on any atom is 0.338 e. The molecule has 0 atom stereocenters. The van der Waals surface area contributed by atoms with Gasteiger partial charge >= 0.3 is 5.97 Å². The van der Waals surface area contributed by atoms with Crippen LogP contribution in [0.25, 0.3) is 10.9 Å². The zero-order valence-electron chi connectivity index (χ0n) is 15.7. The second kappa shape index (κ2) is 7.17. The number of hydrogen-bond acceptors (Lipinski definition) is 4. The Labute approximate surface area is 158 Å². The lowest BCUT2D eigenvalue weighted by molar-refractivity contribution is 0.0472. The van der Waals surface area contributed by atoms with Crippen molar-refractivity contribution < 1.29 is 17.9 Å². The molecule has 0 aliphatic rings. The molecule has 0 spiro atoms. The third-order valence-corrected chi connectivity index (χ3v) is 6.40. The molecule has 0 aliphatic heterocycles. The van der Waals surface area contributed by atoms with Gasteiger partial charge in [-0.1, -0.05) is 12.1 Å². The molecule has 0 fully saturated rings. The number of H-pyrrole nitrogens is 1. The van der Waals surface area contributed by atoms with E-state index in [2.05, 4.69) is 4.98 Å². The van der Waals surface area contributed by atoms with Gasteiger partial charge in [0.1, 0.15) is 6.61 Å². The number of carbonyl (C=O) groups is 1. The lowest BCUT2D eigenvalue weighted by Crippen LogP contribution is -2.22. The molecule has 142 valence electrons. The summed E-state index contributed by atoms with van der Waals surface area (Å²) in [6.07, 6.45) is 0. The van der Waals surface area contributed by atoms with Crippen LogP contribution in [-0.4, -0.2) is 37.8 Å². The van der Waals surface area contributed by atoms with Gasteiger partial charge in [-0.3, -0.25) is 0 Å². The van der Waals surface area contributed by atoms with Crippen molar-refractivity contribution in [2.24, 2.45) is 0 Å². The second-order valence-electron chi connectivity index (χ2n) is 6.65. The second-order valence-corrected chi connectivity index (χ2v) is 8.80. The van der Waals surface area contributed by atoms with Crippen LogP contribution in [0.15, 0.2) is 47.4 Å². The molecule has 7 heteroatoms. The van der Waals surface area contributed by atoms with Crippen LogP contribution >= 0.6 is 0 Å². The number of aryl methyl sites for hydroxylation is 2. The molecule has 27 heavy (non-hydrogen) atoms. The Morgan fingerprint density at radius 3 is 2.56 bits per heavy atom. The van der Waals surface area contributed by atoms with Gasteiger partial charge in [0, 0.05) is 30.7 Å². The zero-order valence-corrected chi connectivity index (χ0v) is 16.6. The number of aromatic amines is 1. The van der Waals surface area contributed by atoms with Gasteiger partial charge in [-0.15, -0.1) is 0 Å². The van der Waals surface area contributed by atoms with Gasteiger partial charge in [-0.2, -0.15) is 0 Å². The van der Waals surface area contributed by atoms with E-state index in [1.54, 1.807) is 18.2 Å². The van der Waals surface area contributed by atoms with Gasteiger partial charge in [0.25, 0.3) is 0 Å². The van der Waals surface area contributed by atoms with E-state index >= 15 is 0 Å². The van der Waals surface area contributed by atoms with Crippen molar-refractivity contribution in [3.8, 4) is 0 Å². The number of benzene rings is 2. The van der Waals surface area contributed by atoms with Crippen molar-refractivity contribution in [3.05, 3.63) is 64.8 Å². The number of nitrogens with one attached hydrogen (secondary N) is 1. The monoisotopic (exact) mass is 386 g/mol. The Hall–Kier alpha value is -2.64. The smallest absolute Gasteiger partial charge is 0.338 e. The van der Waals surface area contributed by atoms with E-state index in [-0.39, 0.29) is 11.5 Å². The first-order chi connectivity index (χ1) is 12.7. The summed E-state index contributed by atoms with van der Waals surface area (Å²) in [5.41, 5.74) is 4.21. The van der Waals surface area contributed by atoms with Gasteiger partial charge in [0.2, 0.25) is 10.0 Å². The van der Waals surface area contributed by atoms with Crippen molar-refractivity contribution in [2.75, 3.05) is 14.1 Å². The Morgan fingerprint density at radius 1 is 1.11 bits per heavy atom. The fraction of sp³-hybridized carbons (Fsp3) is 0.250. The third-order valence-electron chi connectivity index (χ3n) is 4.59. The molecule has 0 bridgehead atoms. The molecule has 2 aromatic carbocycles. The minimum atomic E-state index is -3.53. The molecule has 0 unspecified atom stereocenters. The van der Waals surface area contributed by atoms with Gasteiger partial charge in [-0.05, 0) is 55.3 Å². The molecule has 0 amide bonds. The number of sulfonamides is 1. The highest BCUT2D eigenvalue weighted by Gasteiger charge is 2.18. The van der Waals surface area contributed by atoms with E-state index in [1.807, 2.05) is 26.0 Å². The summed E-state index contributed by atoms with van der Waals surface area (Å²) >= 11 is 0. The van der Waals surface area contributed by atoms with Crippen molar-refractivity contribution in [3.63, 3.8) is 0 Å². The number of ether oxygens (including phenoxy) is 1. The molecule has 0 aliphatic carbocycles. The van der Waals surface area contributed by atoms with Crippen LogP contribution < -0.4 is 0 Å². The van der Waals surface area contributed by atoms with Crippen LogP contribution in [0.1, 0.15) is 27.2 Å². The molecule has 0 radical (unpaired) electrons. The first-order valence-corrected chi connectivity index (χ1v) is 9.91. The van der Waals surface area contributed by atoms with Crippen LogP contribution in [0, 0.1) is 13.8 Å². The Bertz CT molecular complexity index is 1110. The van der Waals surface area contributed by atoms with Crippen molar-refractivity contribution in [2.45, 2.75) is 25.3 Å². The molecule has 6 nitrogen and oxygen atoms in total. The van der Waals surface area contributed by atoms with Gasteiger partial charge in [0.15, 0.2) is 0 Å². The minimum Gasteiger partial charge on any atom is -0.457 e. The molecule has 1 N–H and O–H groups in total. The minimum absolute atomic E-state index is 0.00118. The number of rotatable bonds is 5. The maximum atomic E-state index is 12.4. The number of hydrogen-bond donors (Lipinski definition) is 1. The molecular formula is C20H22N2O4S. The summed E-state index contributed by atoms with van der Waals surface area (Å²) in [6, 6.07) is 11.8. The number of esters is 1. The first kappa shape index (κ1) is 19.1. The largest absolute Gasteiger partial charge is 0.457 e. The van der Waals surface area contributed by atoms with E-state index in [4.69, 9.17) is 4.74 Å². The predicted molar refractivity (Wildman–Crippen MR) is 104 cm³/mol. The van der Waals surface area contributed by atoms with Crippen molar-refractivity contribution >= 4 is 26.9 Å². The summed E-state index contributed by atoms with van der Waals surface area (Å²) in [5.74, 6) is -0.448. The van der Waals surface area contributed by atoms with Gasteiger partial charge < -0.3 is 9.72 Å². The molecule has 0 saturated carbocycles. The van der Waals surface area contributed by atoms with Crippen LogP contribution in [0.4, 0.5) is 0 Å². The molecule has 1 aromatic heterocycles. The van der Waals surface area contributed by atoms with Gasteiger partial charge in [0.05, 0.1) is 10.5 Å². The fourth-order valence-electron chi connectivity index (χ4n) is 2.83. The predicted octanol–water partition coefficient (Wildman–Crippen LogP) is 3.39. The highest BCUT2D eigenvalue weighted by molar-refractivity contribution is 7.89. The van der Waals surface area contributed by atoms with E-state index < -0.39 is 16.0 Å². The lowest BCUT2D eigenvalue weighted by Gasteiger charge is -2.12. The van der Waals surface area contributed by atoms with Crippen LogP contribution in [0.5, 0.6) is 0 Å². The summed E-state index contributed by atoms with van der Waals surface area (Å²) in [7, 11) is -0.577. The molecule has 1 heterocycles. The average molecular weight is 386 g/mol. The number of carbonyl (C=O) groups excluding carboxylic acids is 1. The third kappa shape index (κ3) is 3.74.